The molecule has 1 aliphatic carbocycles. The van der Waals surface area contributed by atoms with E-state index in [4.69, 9.17) is 5.73 Å². The summed E-state index contributed by atoms with van der Waals surface area (Å²) in [4.78, 5) is 14.8. The predicted molar refractivity (Wildman–Crippen MR) is 80.7 cm³/mol. The molecule has 1 saturated carbocycles. The molecule has 110 valence electrons. The van der Waals surface area contributed by atoms with Crippen LogP contribution in [0.1, 0.15) is 62.5 Å². The number of hydrogen-bond acceptors (Lipinski definition) is 2. The number of anilines is 1. The van der Waals surface area contributed by atoms with E-state index in [1.165, 1.54) is 19.3 Å². The van der Waals surface area contributed by atoms with E-state index in [-0.39, 0.29) is 5.91 Å². The molecule has 2 N–H and O–H groups in total. The smallest absolute Gasteiger partial charge is 0.270 e. The van der Waals surface area contributed by atoms with Gasteiger partial charge in [0.25, 0.3) is 5.91 Å². The molecule has 3 rings (SSSR count). The first-order chi connectivity index (χ1) is 9.46. The summed E-state index contributed by atoms with van der Waals surface area (Å²) in [6.07, 6.45) is 7.63. The number of carbonyl (C=O) groups is 1. The van der Waals surface area contributed by atoms with Crippen molar-refractivity contribution in [1.29, 1.82) is 0 Å². The first-order valence-electron chi connectivity index (χ1n) is 7.73. The van der Waals surface area contributed by atoms with Crippen LogP contribution in [-0.4, -0.2) is 28.5 Å². The molecule has 4 nitrogen and oxygen atoms in total. The number of likely N-dealkylation sites (tertiary alicyclic amines) is 1. The van der Waals surface area contributed by atoms with E-state index in [0.29, 0.717) is 17.1 Å². The summed E-state index contributed by atoms with van der Waals surface area (Å²) >= 11 is 0. The van der Waals surface area contributed by atoms with Crippen LogP contribution in [0.25, 0.3) is 0 Å². The van der Waals surface area contributed by atoms with Crippen molar-refractivity contribution in [1.82, 2.24) is 9.47 Å². The minimum absolute atomic E-state index is 0.159. The molecule has 0 aromatic carbocycles. The zero-order chi connectivity index (χ0) is 14.3. The van der Waals surface area contributed by atoms with E-state index in [1.807, 2.05) is 17.2 Å². The van der Waals surface area contributed by atoms with E-state index < -0.39 is 0 Å². The molecule has 2 fully saturated rings. The Morgan fingerprint density at radius 3 is 2.75 bits per heavy atom. The Hall–Kier alpha value is -1.45. The van der Waals surface area contributed by atoms with Gasteiger partial charge in [-0.2, -0.15) is 0 Å². The fourth-order valence-electron chi connectivity index (χ4n) is 3.11. The van der Waals surface area contributed by atoms with Gasteiger partial charge in [-0.25, -0.2) is 0 Å². The first kappa shape index (κ1) is 13.5. The zero-order valence-electron chi connectivity index (χ0n) is 12.6. The van der Waals surface area contributed by atoms with Gasteiger partial charge < -0.3 is 15.2 Å². The maximum absolute atomic E-state index is 12.8. The van der Waals surface area contributed by atoms with Gasteiger partial charge in [-0.1, -0.05) is 13.8 Å². The Balaban J connectivity index is 1.78. The highest BCUT2D eigenvalue weighted by Gasteiger charge is 2.31. The van der Waals surface area contributed by atoms with Crippen LogP contribution in [-0.2, 0) is 0 Å². The molecular weight excluding hydrogens is 250 g/mol. The molecule has 0 atom stereocenters. The van der Waals surface area contributed by atoms with Crippen LogP contribution in [0.15, 0.2) is 12.3 Å². The van der Waals surface area contributed by atoms with E-state index in [1.54, 1.807) is 0 Å². The molecule has 2 heterocycles. The second-order valence-electron chi connectivity index (χ2n) is 7.11. The third kappa shape index (κ3) is 2.69. The maximum Gasteiger partial charge on any atom is 0.270 e. The van der Waals surface area contributed by atoms with Crippen LogP contribution in [0.5, 0.6) is 0 Å². The van der Waals surface area contributed by atoms with Gasteiger partial charge in [0, 0.05) is 25.3 Å². The van der Waals surface area contributed by atoms with Crippen LogP contribution in [0.2, 0.25) is 0 Å². The minimum Gasteiger partial charge on any atom is -0.397 e. The average molecular weight is 275 g/mol. The van der Waals surface area contributed by atoms with Crippen molar-refractivity contribution in [3.05, 3.63) is 18.0 Å². The van der Waals surface area contributed by atoms with E-state index >= 15 is 0 Å². The highest BCUT2D eigenvalue weighted by Crippen LogP contribution is 2.38. The van der Waals surface area contributed by atoms with Gasteiger partial charge in [0.05, 0.1) is 5.69 Å². The summed E-state index contributed by atoms with van der Waals surface area (Å²) in [5.41, 5.74) is 7.73. The monoisotopic (exact) mass is 275 g/mol. The number of aromatic nitrogens is 1. The molecule has 2 aliphatic rings. The van der Waals surface area contributed by atoms with Crippen LogP contribution in [0.3, 0.4) is 0 Å². The third-order valence-corrected chi connectivity index (χ3v) is 4.66. The quantitative estimate of drug-likeness (QED) is 0.902. The van der Waals surface area contributed by atoms with Crippen molar-refractivity contribution in [3.63, 3.8) is 0 Å². The van der Waals surface area contributed by atoms with Gasteiger partial charge in [-0.3, -0.25) is 4.79 Å². The van der Waals surface area contributed by atoms with Crippen LogP contribution in [0.4, 0.5) is 5.69 Å². The summed E-state index contributed by atoms with van der Waals surface area (Å²) in [7, 11) is 0. The predicted octanol–water partition coefficient (Wildman–Crippen LogP) is 3.06. The second kappa shape index (κ2) is 4.83. The van der Waals surface area contributed by atoms with Gasteiger partial charge >= 0.3 is 0 Å². The Labute approximate surface area is 120 Å². The topological polar surface area (TPSA) is 51.3 Å². The first-order valence-corrected chi connectivity index (χ1v) is 7.73. The van der Waals surface area contributed by atoms with E-state index in [0.717, 1.165) is 31.6 Å². The van der Waals surface area contributed by atoms with E-state index in [2.05, 4.69) is 18.4 Å². The van der Waals surface area contributed by atoms with Crippen molar-refractivity contribution in [3.8, 4) is 0 Å². The van der Waals surface area contributed by atoms with Crippen LogP contribution >= 0.6 is 0 Å². The van der Waals surface area contributed by atoms with Crippen molar-refractivity contribution < 1.29 is 4.79 Å². The number of nitrogens with two attached hydrogens (primary N) is 1. The summed E-state index contributed by atoms with van der Waals surface area (Å²) < 4.78 is 2.09. The zero-order valence-corrected chi connectivity index (χ0v) is 12.6. The van der Waals surface area contributed by atoms with Crippen LogP contribution in [0, 0.1) is 5.41 Å². The standard InChI is InChI=1S/C16H25N3O/c1-16(2)6-3-8-18(9-7-16)15(20)14-10-12(17)11-19(14)13-4-5-13/h10-11,13H,3-9,17H2,1-2H3. The average Bonchev–Trinajstić information content (AvgIpc) is 3.17. The van der Waals surface area contributed by atoms with Crippen LogP contribution < -0.4 is 5.73 Å². The third-order valence-electron chi connectivity index (χ3n) is 4.66. The number of nitrogen functional groups attached to an aromatic ring is 1. The molecule has 1 amide bonds. The molecular formula is C16H25N3O. The highest BCUT2D eigenvalue weighted by molar-refractivity contribution is 5.94. The lowest BCUT2D eigenvalue weighted by atomic mass is 9.85. The minimum atomic E-state index is 0.159. The Bertz CT molecular complexity index is 514. The van der Waals surface area contributed by atoms with Gasteiger partial charge in [-0.15, -0.1) is 0 Å². The molecule has 4 heteroatoms. The fourth-order valence-corrected chi connectivity index (χ4v) is 3.11. The molecule has 20 heavy (non-hydrogen) atoms. The largest absolute Gasteiger partial charge is 0.397 e. The molecule has 0 unspecified atom stereocenters. The second-order valence-corrected chi connectivity index (χ2v) is 7.11. The number of amides is 1. The van der Waals surface area contributed by atoms with Crippen molar-refractivity contribution in [2.75, 3.05) is 18.8 Å². The summed E-state index contributed by atoms with van der Waals surface area (Å²) in [5, 5.41) is 0. The SMILES string of the molecule is CC1(C)CCCN(C(=O)c2cc(N)cn2C2CC2)CC1. The molecule has 0 spiro atoms. The van der Waals surface area contributed by atoms with Crippen molar-refractivity contribution in [2.24, 2.45) is 5.41 Å². The molecule has 1 aliphatic heterocycles. The van der Waals surface area contributed by atoms with Gasteiger partial charge in [0.15, 0.2) is 0 Å². The molecule has 1 aromatic heterocycles. The van der Waals surface area contributed by atoms with Gasteiger partial charge in [0.1, 0.15) is 5.69 Å². The Kier molecular flexibility index (Phi) is 3.27. The maximum atomic E-state index is 12.8. The normalized spacial score (nSPS) is 22.6. The molecule has 1 saturated heterocycles. The van der Waals surface area contributed by atoms with Crippen molar-refractivity contribution >= 4 is 11.6 Å². The van der Waals surface area contributed by atoms with E-state index in [9.17, 15) is 4.79 Å². The molecule has 0 bridgehead atoms. The summed E-state index contributed by atoms with van der Waals surface area (Å²) in [5.74, 6) is 0.159. The van der Waals surface area contributed by atoms with Gasteiger partial charge in [-0.05, 0) is 43.6 Å². The Morgan fingerprint density at radius 2 is 2.05 bits per heavy atom. The highest BCUT2D eigenvalue weighted by atomic mass is 16.2. The molecule has 0 radical (unpaired) electrons. The summed E-state index contributed by atoms with van der Waals surface area (Å²) in [6, 6.07) is 2.34. The lowest BCUT2D eigenvalue weighted by Gasteiger charge is -2.23. The number of rotatable bonds is 2. The summed E-state index contributed by atoms with van der Waals surface area (Å²) in [6.45, 7) is 6.33. The number of hydrogen-bond donors (Lipinski definition) is 1. The number of nitrogens with zero attached hydrogens (tertiary/aromatic N) is 2. The van der Waals surface area contributed by atoms with Crippen molar-refractivity contribution in [2.45, 2.75) is 52.0 Å². The van der Waals surface area contributed by atoms with Gasteiger partial charge in [0.2, 0.25) is 0 Å². The lowest BCUT2D eigenvalue weighted by Crippen LogP contribution is -2.33. The molecule has 1 aromatic rings. The fraction of sp³-hybridized carbons (Fsp3) is 0.688. The Morgan fingerprint density at radius 1 is 1.30 bits per heavy atom. The lowest BCUT2D eigenvalue weighted by molar-refractivity contribution is 0.0746. The number of carbonyl (C=O) groups excluding carboxylic acids is 1.